The van der Waals surface area contributed by atoms with E-state index in [0.29, 0.717) is 11.3 Å². The normalized spacial score (nSPS) is 14.1. The summed E-state index contributed by atoms with van der Waals surface area (Å²) in [5.41, 5.74) is 0.979. The maximum Gasteiger partial charge on any atom is 0.342 e. The number of nitro benzene ring substituents is 1. The molecule has 5 rings (SSSR count). The number of non-ortho nitro benzene ring substituents is 1. The second-order valence-corrected chi connectivity index (χ2v) is 8.44. The van der Waals surface area contributed by atoms with Gasteiger partial charge in [-0.3, -0.25) is 19.7 Å². The fourth-order valence-corrected chi connectivity index (χ4v) is 4.41. The largest absolute Gasteiger partial charge is 0.496 e. The number of carbonyl (C=O) groups excluding carboxylic acids is 3. The molecule has 0 saturated heterocycles. The Morgan fingerprint density at radius 3 is 2.49 bits per heavy atom. The van der Waals surface area contributed by atoms with Crippen LogP contribution >= 0.6 is 11.6 Å². The van der Waals surface area contributed by atoms with Crippen LogP contribution in [0.4, 0.5) is 11.4 Å². The highest BCUT2D eigenvalue weighted by Gasteiger charge is 2.38. The predicted octanol–water partition coefficient (Wildman–Crippen LogP) is 4.28. The molecule has 188 valence electrons. The summed E-state index contributed by atoms with van der Waals surface area (Å²) in [5.74, 6) is -1.61. The maximum absolute atomic E-state index is 13.0. The van der Waals surface area contributed by atoms with Crippen LogP contribution < -0.4 is 14.4 Å². The third-order valence-corrected chi connectivity index (χ3v) is 6.17. The van der Waals surface area contributed by atoms with Crippen molar-refractivity contribution in [1.82, 2.24) is 0 Å². The molecule has 11 nitrogen and oxygen atoms in total. The van der Waals surface area contributed by atoms with E-state index in [1.165, 1.54) is 43.5 Å². The van der Waals surface area contributed by atoms with E-state index < -0.39 is 22.7 Å². The first kappa shape index (κ1) is 24.2. The van der Waals surface area contributed by atoms with Crippen molar-refractivity contribution in [3.05, 3.63) is 91.5 Å². The van der Waals surface area contributed by atoms with E-state index in [0.717, 1.165) is 4.90 Å². The number of amides is 2. The lowest BCUT2D eigenvalue weighted by molar-refractivity contribution is -0.385. The van der Waals surface area contributed by atoms with E-state index in [9.17, 15) is 24.5 Å². The van der Waals surface area contributed by atoms with Crippen molar-refractivity contribution < 1.29 is 38.3 Å². The number of hydrogen-bond acceptors (Lipinski definition) is 9. The number of halogens is 1. The molecule has 3 aromatic rings. The van der Waals surface area contributed by atoms with Crippen LogP contribution in [-0.4, -0.2) is 36.6 Å². The zero-order valence-corrected chi connectivity index (χ0v) is 19.9. The zero-order valence-electron chi connectivity index (χ0n) is 19.2. The standard InChI is InChI=1S/C25H17ClN2O9/c1-34-21-9-20(27-23(29)16-4-2-3-5-17(16)24(27)30)19(26)8-18(21)25(31)36-11-14-7-15(28(32)33)6-13-10-35-12-37-22(13)14/h2-9H,10-12H2,1H3. The van der Waals surface area contributed by atoms with Crippen molar-refractivity contribution in [1.29, 1.82) is 0 Å². The van der Waals surface area contributed by atoms with E-state index in [-0.39, 0.29) is 64.4 Å². The Labute approximate surface area is 214 Å². The molecule has 2 aliphatic heterocycles. The lowest BCUT2D eigenvalue weighted by Crippen LogP contribution is -2.29. The fourth-order valence-electron chi connectivity index (χ4n) is 4.16. The highest BCUT2D eigenvalue weighted by molar-refractivity contribution is 6.40. The molecule has 0 unspecified atom stereocenters. The Kier molecular flexibility index (Phi) is 6.24. The van der Waals surface area contributed by atoms with Gasteiger partial charge in [0.15, 0.2) is 6.79 Å². The second kappa shape index (κ2) is 9.52. The number of benzene rings is 3. The molecular weight excluding hydrogens is 508 g/mol. The van der Waals surface area contributed by atoms with E-state index >= 15 is 0 Å². The topological polar surface area (TPSA) is 135 Å². The van der Waals surface area contributed by atoms with Gasteiger partial charge >= 0.3 is 5.97 Å². The summed E-state index contributed by atoms with van der Waals surface area (Å²) < 4.78 is 21.4. The SMILES string of the molecule is COc1cc(N2C(=O)c3ccccc3C2=O)c(Cl)cc1C(=O)OCc1cc([N+](=O)[O-])cc2c1OCOC2. The van der Waals surface area contributed by atoms with Gasteiger partial charge in [0.05, 0.1) is 40.5 Å². The first-order valence-electron chi connectivity index (χ1n) is 10.8. The molecule has 2 amide bonds. The number of methoxy groups -OCH3 is 1. The molecule has 0 N–H and O–H groups in total. The maximum atomic E-state index is 13.0. The van der Waals surface area contributed by atoms with E-state index in [2.05, 4.69) is 0 Å². The van der Waals surface area contributed by atoms with Gasteiger partial charge in [0.1, 0.15) is 23.7 Å². The number of esters is 1. The van der Waals surface area contributed by atoms with Crippen molar-refractivity contribution in [2.24, 2.45) is 0 Å². The molecule has 0 aromatic heterocycles. The van der Waals surface area contributed by atoms with E-state index in [1.807, 2.05) is 0 Å². The van der Waals surface area contributed by atoms with Gasteiger partial charge in [0.2, 0.25) is 0 Å². The van der Waals surface area contributed by atoms with Crippen LogP contribution in [-0.2, 0) is 22.7 Å². The van der Waals surface area contributed by atoms with Crippen molar-refractivity contribution >= 4 is 40.8 Å². The summed E-state index contributed by atoms with van der Waals surface area (Å²) in [6.07, 6.45) is 0. The molecule has 0 saturated carbocycles. The molecule has 0 atom stereocenters. The number of imide groups is 1. The molecule has 2 heterocycles. The smallest absolute Gasteiger partial charge is 0.342 e. The molecule has 0 bridgehead atoms. The Balaban J connectivity index is 1.42. The highest BCUT2D eigenvalue weighted by atomic mass is 35.5. The van der Waals surface area contributed by atoms with Crippen molar-refractivity contribution in [2.45, 2.75) is 13.2 Å². The molecule has 37 heavy (non-hydrogen) atoms. The van der Waals surface area contributed by atoms with Crippen LogP contribution in [0.25, 0.3) is 0 Å². The molecular formula is C25H17ClN2O9. The Morgan fingerprint density at radius 1 is 1.14 bits per heavy atom. The van der Waals surface area contributed by atoms with Crippen molar-refractivity contribution in [3.63, 3.8) is 0 Å². The number of fused-ring (bicyclic) bond motifs is 2. The molecule has 2 aliphatic rings. The molecule has 3 aromatic carbocycles. The number of anilines is 1. The van der Waals surface area contributed by atoms with Crippen LogP contribution in [0.2, 0.25) is 5.02 Å². The minimum absolute atomic E-state index is 0.00618. The minimum atomic E-state index is -0.847. The molecule has 12 heteroatoms. The Morgan fingerprint density at radius 2 is 1.84 bits per heavy atom. The minimum Gasteiger partial charge on any atom is -0.496 e. The fraction of sp³-hybridized carbons (Fsp3) is 0.160. The quantitative estimate of drug-likeness (QED) is 0.200. The summed E-state index contributed by atoms with van der Waals surface area (Å²) in [6, 6.07) is 11.5. The number of ether oxygens (including phenoxy) is 4. The average molecular weight is 525 g/mol. The van der Waals surface area contributed by atoms with Crippen LogP contribution in [0, 0.1) is 10.1 Å². The summed E-state index contributed by atoms with van der Waals surface area (Å²) in [4.78, 5) is 50.4. The van der Waals surface area contributed by atoms with E-state index in [4.69, 9.17) is 30.5 Å². The van der Waals surface area contributed by atoms with Gasteiger partial charge in [0, 0.05) is 29.3 Å². The summed E-state index contributed by atoms with van der Waals surface area (Å²) in [5, 5.41) is 11.3. The van der Waals surface area contributed by atoms with Crippen LogP contribution in [0.1, 0.15) is 42.2 Å². The van der Waals surface area contributed by atoms with Crippen molar-refractivity contribution in [3.8, 4) is 11.5 Å². The van der Waals surface area contributed by atoms with Gasteiger partial charge in [-0.25, -0.2) is 9.69 Å². The summed E-state index contributed by atoms with van der Waals surface area (Å²) in [6.45, 7) is -0.279. The Hall–Kier alpha value is -4.48. The second-order valence-electron chi connectivity index (χ2n) is 8.03. The van der Waals surface area contributed by atoms with Gasteiger partial charge in [-0.15, -0.1) is 0 Å². The lowest BCUT2D eigenvalue weighted by Gasteiger charge is -2.21. The van der Waals surface area contributed by atoms with Gasteiger partial charge in [-0.2, -0.15) is 0 Å². The monoisotopic (exact) mass is 524 g/mol. The average Bonchev–Trinajstić information content (AvgIpc) is 3.16. The lowest BCUT2D eigenvalue weighted by atomic mass is 10.1. The summed E-state index contributed by atoms with van der Waals surface area (Å²) >= 11 is 6.41. The molecule has 0 spiro atoms. The van der Waals surface area contributed by atoms with Crippen LogP contribution in [0.3, 0.4) is 0 Å². The van der Waals surface area contributed by atoms with Gasteiger partial charge in [-0.05, 0) is 18.2 Å². The third kappa shape index (κ3) is 4.24. The van der Waals surface area contributed by atoms with Gasteiger partial charge < -0.3 is 18.9 Å². The van der Waals surface area contributed by atoms with Crippen molar-refractivity contribution in [2.75, 3.05) is 18.8 Å². The number of hydrogen-bond donors (Lipinski definition) is 0. The van der Waals surface area contributed by atoms with E-state index in [1.54, 1.807) is 12.1 Å². The molecule has 0 fully saturated rings. The number of rotatable bonds is 6. The van der Waals surface area contributed by atoms with Gasteiger partial charge in [0.25, 0.3) is 17.5 Å². The first-order chi connectivity index (χ1) is 17.8. The molecule has 0 aliphatic carbocycles. The number of carbonyl (C=O) groups is 3. The third-order valence-electron chi connectivity index (χ3n) is 5.87. The van der Waals surface area contributed by atoms with Gasteiger partial charge in [-0.1, -0.05) is 23.7 Å². The first-order valence-corrected chi connectivity index (χ1v) is 11.2. The number of nitrogens with zero attached hydrogens (tertiary/aromatic N) is 2. The van der Waals surface area contributed by atoms with Crippen LogP contribution in [0.5, 0.6) is 11.5 Å². The number of nitro groups is 1. The predicted molar refractivity (Wildman–Crippen MR) is 128 cm³/mol. The zero-order chi connectivity index (χ0) is 26.3. The van der Waals surface area contributed by atoms with Crippen LogP contribution in [0.15, 0.2) is 48.5 Å². The molecule has 0 radical (unpaired) electrons. The highest BCUT2D eigenvalue weighted by Crippen LogP contribution is 2.38. The Bertz CT molecular complexity index is 1450. The summed E-state index contributed by atoms with van der Waals surface area (Å²) in [7, 11) is 1.30.